The minimum absolute atomic E-state index is 0.00383. The minimum atomic E-state index is -4.56. The quantitative estimate of drug-likeness (QED) is 0.390. The Morgan fingerprint density at radius 3 is 2.45 bits per heavy atom. The van der Waals surface area contributed by atoms with Gasteiger partial charge < -0.3 is 5.11 Å². The largest absolute Gasteiger partial charge is 0.478 e. The number of aromatic nitrogens is 2. The van der Waals surface area contributed by atoms with Crippen LogP contribution in [-0.2, 0) is 18.4 Å². The monoisotopic (exact) mass is 549 g/mol. The number of carboxylic acid groups (broad SMARTS) is 1. The Bertz CT molecular complexity index is 1460. The molecule has 0 unspecified atom stereocenters. The Hall–Kier alpha value is -3.24. The molecule has 0 bridgehead atoms. The molecule has 1 aliphatic heterocycles. The smallest absolute Gasteiger partial charge is 0.398 e. The van der Waals surface area contributed by atoms with Crippen molar-refractivity contribution in [1.29, 1.82) is 0 Å². The van der Waals surface area contributed by atoms with Gasteiger partial charge >= 0.3 is 12.1 Å². The maximum Gasteiger partial charge on any atom is 0.398 e. The number of fused-ring (bicyclic) bond motifs is 1. The molecule has 0 amide bonds. The van der Waals surface area contributed by atoms with Crippen LogP contribution in [0.2, 0.25) is 5.02 Å². The molecule has 1 aliphatic carbocycles. The van der Waals surface area contributed by atoms with Gasteiger partial charge in [-0.25, -0.2) is 9.18 Å². The fourth-order valence-electron chi connectivity index (χ4n) is 5.18. The second kappa shape index (κ2) is 9.20. The van der Waals surface area contributed by atoms with Crippen LogP contribution in [0.25, 0.3) is 11.3 Å². The summed E-state index contributed by atoms with van der Waals surface area (Å²) in [6, 6.07) is 7.55. The predicted octanol–water partition coefficient (Wildman–Crippen LogP) is 6.09. The molecule has 3 aromatic rings. The van der Waals surface area contributed by atoms with Gasteiger partial charge in [0.05, 0.1) is 33.0 Å². The highest BCUT2D eigenvalue weighted by Crippen LogP contribution is 2.60. The third kappa shape index (κ3) is 4.19. The number of aromatic carboxylic acids is 1. The van der Waals surface area contributed by atoms with Gasteiger partial charge in [0.25, 0.3) is 5.91 Å². The van der Waals surface area contributed by atoms with E-state index >= 15 is 4.39 Å². The molecular weight excluding hydrogens is 526 g/mol. The number of carbonyl (C=O) groups excluding carboxylic acids is 1. The van der Waals surface area contributed by atoms with Crippen molar-refractivity contribution >= 4 is 23.5 Å². The van der Waals surface area contributed by atoms with Crippen molar-refractivity contribution in [3.63, 3.8) is 0 Å². The zero-order chi connectivity index (χ0) is 27.6. The van der Waals surface area contributed by atoms with Crippen LogP contribution in [0, 0.1) is 5.82 Å². The lowest BCUT2D eigenvalue weighted by atomic mass is 9.90. The standard InChI is InChI=1S/C27H24ClF4N3O3/c1-14(2)34-11-8-17-21(13-34)35(33-23(17)16-7-6-15(25(37)38)12-20(16)29)24(36)22-18(4-3-5-19(22)28)26(9-10-26)27(30,31)32/h3-7,12,14H,8-11,13H2,1-2H3,(H,37,38). The number of nitrogens with zero attached hydrogens (tertiary/aromatic N) is 3. The van der Waals surface area contributed by atoms with E-state index in [0.29, 0.717) is 24.2 Å². The second-order valence-corrected chi connectivity index (χ2v) is 10.5. The molecule has 0 atom stereocenters. The number of alkyl halides is 3. The molecule has 0 radical (unpaired) electrons. The number of carbonyl (C=O) groups is 2. The summed E-state index contributed by atoms with van der Waals surface area (Å²) in [5.74, 6) is -2.95. The van der Waals surface area contributed by atoms with Gasteiger partial charge in [-0.1, -0.05) is 23.7 Å². The average Bonchev–Trinajstić information content (AvgIpc) is 3.59. The van der Waals surface area contributed by atoms with Crippen LogP contribution < -0.4 is 0 Å². The van der Waals surface area contributed by atoms with Crippen molar-refractivity contribution in [1.82, 2.24) is 14.7 Å². The Morgan fingerprint density at radius 2 is 1.87 bits per heavy atom. The van der Waals surface area contributed by atoms with E-state index in [-0.39, 0.29) is 58.4 Å². The molecule has 2 heterocycles. The van der Waals surface area contributed by atoms with Crippen LogP contribution in [0.1, 0.15) is 64.2 Å². The molecule has 6 nitrogen and oxygen atoms in total. The molecule has 1 saturated carbocycles. The van der Waals surface area contributed by atoms with Gasteiger partial charge in [0.2, 0.25) is 0 Å². The first-order chi connectivity index (χ1) is 17.9. The molecule has 2 aromatic carbocycles. The minimum Gasteiger partial charge on any atom is -0.478 e. The normalized spacial score (nSPS) is 16.9. The van der Waals surface area contributed by atoms with Gasteiger partial charge in [0, 0.05) is 30.3 Å². The maximum atomic E-state index is 15.1. The maximum absolute atomic E-state index is 15.1. The fraction of sp³-hybridized carbons (Fsp3) is 0.370. The lowest BCUT2D eigenvalue weighted by molar-refractivity contribution is -0.160. The molecule has 11 heteroatoms. The molecular formula is C27H24ClF4N3O3. The number of halogens is 5. The Morgan fingerprint density at radius 1 is 1.16 bits per heavy atom. The van der Waals surface area contributed by atoms with Crippen molar-refractivity contribution in [3.05, 3.63) is 75.2 Å². The Kier molecular flexibility index (Phi) is 6.38. The molecule has 0 saturated heterocycles. The van der Waals surface area contributed by atoms with E-state index in [1.54, 1.807) is 0 Å². The zero-order valence-electron chi connectivity index (χ0n) is 20.6. The Balaban J connectivity index is 1.69. The summed E-state index contributed by atoms with van der Waals surface area (Å²) >= 11 is 6.36. The summed E-state index contributed by atoms with van der Waals surface area (Å²) in [6.07, 6.45) is -4.45. The highest BCUT2D eigenvalue weighted by atomic mass is 35.5. The van der Waals surface area contributed by atoms with E-state index in [2.05, 4.69) is 10.00 Å². The number of benzene rings is 2. The van der Waals surface area contributed by atoms with Crippen molar-refractivity contribution in [2.75, 3.05) is 6.54 Å². The number of hydrogen-bond acceptors (Lipinski definition) is 4. The van der Waals surface area contributed by atoms with E-state index in [0.717, 1.165) is 10.7 Å². The van der Waals surface area contributed by atoms with Crippen molar-refractivity contribution < 1.29 is 32.3 Å². The first-order valence-corrected chi connectivity index (χ1v) is 12.5. The van der Waals surface area contributed by atoms with Crippen LogP contribution in [0.3, 0.4) is 0 Å². The highest BCUT2D eigenvalue weighted by molar-refractivity contribution is 6.34. The lowest BCUT2D eigenvalue weighted by Gasteiger charge is -2.31. The molecule has 38 heavy (non-hydrogen) atoms. The van der Waals surface area contributed by atoms with Gasteiger partial charge in [0.1, 0.15) is 5.82 Å². The van der Waals surface area contributed by atoms with Crippen molar-refractivity contribution in [2.24, 2.45) is 0 Å². The second-order valence-electron chi connectivity index (χ2n) is 10.0. The average molecular weight is 550 g/mol. The van der Waals surface area contributed by atoms with E-state index in [9.17, 15) is 27.9 Å². The first-order valence-electron chi connectivity index (χ1n) is 12.1. The van der Waals surface area contributed by atoms with Crippen LogP contribution >= 0.6 is 11.6 Å². The molecule has 0 spiro atoms. The molecule has 1 fully saturated rings. The van der Waals surface area contributed by atoms with Crippen LogP contribution in [0.4, 0.5) is 17.6 Å². The summed E-state index contributed by atoms with van der Waals surface area (Å²) in [7, 11) is 0. The highest BCUT2D eigenvalue weighted by Gasteiger charge is 2.65. The van der Waals surface area contributed by atoms with Crippen LogP contribution in [0.15, 0.2) is 36.4 Å². The van der Waals surface area contributed by atoms with Gasteiger partial charge in [-0.3, -0.25) is 9.69 Å². The molecule has 5 rings (SSSR count). The van der Waals surface area contributed by atoms with E-state index in [4.69, 9.17) is 11.6 Å². The van der Waals surface area contributed by atoms with Crippen molar-refractivity contribution in [2.45, 2.75) is 57.3 Å². The third-order valence-corrected chi connectivity index (χ3v) is 7.84. The molecule has 200 valence electrons. The molecule has 2 aliphatic rings. The summed E-state index contributed by atoms with van der Waals surface area (Å²) < 4.78 is 58.3. The van der Waals surface area contributed by atoms with E-state index < -0.39 is 29.3 Å². The summed E-state index contributed by atoms with van der Waals surface area (Å²) in [6.45, 7) is 4.82. The SMILES string of the molecule is CC(C)N1CCc2c(-c3ccc(C(=O)O)cc3F)nn(C(=O)c3c(Cl)cccc3C3(C(F)(F)F)CC3)c2C1. The number of hydrogen-bond donors (Lipinski definition) is 1. The van der Waals surface area contributed by atoms with Gasteiger partial charge in [0.15, 0.2) is 0 Å². The first kappa shape index (κ1) is 26.4. The zero-order valence-corrected chi connectivity index (χ0v) is 21.3. The molecule has 1 aromatic heterocycles. The topological polar surface area (TPSA) is 75.4 Å². The van der Waals surface area contributed by atoms with Crippen LogP contribution in [-0.4, -0.2) is 50.4 Å². The fourth-order valence-corrected chi connectivity index (χ4v) is 5.43. The lowest BCUT2D eigenvalue weighted by Crippen LogP contribution is -2.37. The number of rotatable bonds is 5. The van der Waals surface area contributed by atoms with Gasteiger partial charge in [-0.05, 0) is 62.9 Å². The summed E-state index contributed by atoms with van der Waals surface area (Å²) in [5.41, 5.74) is -1.69. The van der Waals surface area contributed by atoms with E-state index in [1.807, 2.05) is 13.8 Å². The predicted molar refractivity (Wildman–Crippen MR) is 132 cm³/mol. The van der Waals surface area contributed by atoms with Crippen molar-refractivity contribution in [3.8, 4) is 11.3 Å². The Labute approximate surface area is 220 Å². The summed E-state index contributed by atoms with van der Waals surface area (Å²) in [4.78, 5) is 27.3. The number of carboxylic acids is 1. The summed E-state index contributed by atoms with van der Waals surface area (Å²) in [5, 5.41) is 13.5. The third-order valence-electron chi connectivity index (χ3n) is 7.52. The van der Waals surface area contributed by atoms with E-state index in [1.165, 1.54) is 30.3 Å². The van der Waals surface area contributed by atoms with Gasteiger partial charge in [-0.2, -0.15) is 23.0 Å². The molecule has 1 N–H and O–H groups in total. The van der Waals surface area contributed by atoms with Crippen LogP contribution in [0.5, 0.6) is 0 Å². The van der Waals surface area contributed by atoms with Gasteiger partial charge in [-0.15, -0.1) is 0 Å².